The molecule has 170 valence electrons. The summed E-state index contributed by atoms with van der Waals surface area (Å²) in [5.41, 5.74) is 1.95. The molecule has 0 aliphatic carbocycles. The summed E-state index contributed by atoms with van der Waals surface area (Å²) in [5, 5.41) is 0.108. The number of hydrogen-bond donors (Lipinski definition) is 0. The molecule has 0 N–H and O–H groups in total. The van der Waals surface area contributed by atoms with Crippen molar-refractivity contribution in [2.45, 2.75) is 51.0 Å². The number of hydrogen-bond acceptors (Lipinski definition) is 7. The summed E-state index contributed by atoms with van der Waals surface area (Å²) in [4.78, 5) is 18.4. The van der Waals surface area contributed by atoms with Gasteiger partial charge >= 0.3 is 5.97 Å². The van der Waals surface area contributed by atoms with Gasteiger partial charge in [-0.2, -0.15) is 0 Å². The Bertz CT molecular complexity index is 959. The highest BCUT2D eigenvalue weighted by molar-refractivity contribution is 7.91. The van der Waals surface area contributed by atoms with E-state index in [1.807, 2.05) is 34.9 Å². The van der Waals surface area contributed by atoms with Gasteiger partial charge in [0.2, 0.25) is 15.0 Å². The van der Waals surface area contributed by atoms with Gasteiger partial charge < -0.3 is 14.0 Å². The van der Waals surface area contributed by atoms with E-state index in [1.165, 1.54) is 0 Å². The lowest BCUT2D eigenvalue weighted by Gasteiger charge is -2.35. The number of sulfone groups is 1. The molecule has 1 aromatic carbocycles. The Morgan fingerprint density at radius 2 is 2.03 bits per heavy atom. The molecule has 0 radical (unpaired) electrons. The molecule has 2 aromatic rings. The van der Waals surface area contributed by atoms with Gasteiger partial charge in [-0.1, -0.05) is 37.3 Å². The third-order valence-corrected chi connectivity index (χ3v) is 7.09. The molecule has 0 spiro atoms. The minimum absolute atomic E-state index is 0.00215. The number of carbonyl (C=O) groups excluding carboxylic acids is 1. The van der Waals surface area contributed by atoms with Crippen molar-refractivity contribution in [1.82, 2.24) is 14.5 Å². The van der Waals surface area contributed by atoms with E-state index in [1.54, 1.807) is 20.0 Å². The van der Waals surface area contributed by atoms with E-state index < -0.39 is 9.84 Å². The highest BCUT2D eigenvalue weighted by atomic mass is 32.2. The lowest BCUT2D eigenvalue weighted by atomic mass is 10.1. The van der Waals surface area contributed by atoms with Gasteiger partial charge in [-0.25, -0.2) is 13.4 Å². The third kappa shape index (κ3) is 6.15. The molecule has 8 nitrogen and oxygen atoms in total. The van der Waals surface area contributed by atoms with Crippen LogP contribution in [0.5, 0.6) is 0 Å². The van der Waals surface area contributed by atoms with Gasteiger partial charge in [0.05, 0.1) is 43.9 Å². The Morgan fingerprint density at radius 3 is 2.74 bits per heavy atom. The van der Waals surface area contributed by atoms with Crippen molar-refractivity contribution in [3.63, 3.8) is 0 Å². The van der Waals surface area contributed by atoms with Gasteiger partial charge in [-0.3, -0.25) is 9.69 Å². The number of esters is 1. The molecule has 1 fully saturated rings. The fourth-order valence-corrected chi connectivity index (χ4v) is 4.74. The molecule has 0 saturated carbocycles. The molecular weight excluding hydrogens is 418 g/mol. The van der Waals surface area contributed by atoms with E-state index in [9.17, 15) is 13.2 Å². The number of benzene rings is 1. The molecule has 1 atom stereocenters. The normalized spacial score (nSPS) is 17.5. The zero-order valence-electron chi connectivity index (χ0n) is 18.2. The van der Waals surface area contributed by atoms with Crippen LogP contribution in [0.25, 0.3) is 0 Å². The Hall–Kier alpha value is -2.23. The quantitative estimate of drug-likeness (QED) is 0.513. The molecule has 2 heterocycles. The molecule has 0 bridgehead atoms. The first kappa shape index (κ1) is 23.4. The third-order valence-electron chi connectivity index (χ3n) is 5.45. The Labute approximate surface area is 184 Å². The fourth-order valence-electron chi connectivity index (χ4n) is 3.73. The Morgan fingerprint density at radius 1 is 1.26 bits per heavy atom. The summed E-state index contributed by atoms with van der Waals surface area (Å²) in [6.45, 7) is 6.43. The number of aryl methyl sites for hydroxylation is 1. The first-order chi connectivity index (χ1) is 14.9. The Kier molecular flexibility index (Phi) is 8.22. The van der Waals surface area contributed by atoms with Crippen LogP contribution in [0.15, 0.2) is 41.7 Å². The number of carbonyl (C=O) groups is 1. The molecule has 1 aliphatic heterocycles. The topological polar surface area (TPSA) is 90.7 Å². The number of ether oxygens (including phenoxy) is 2. The van der Waals surface area contributed by atoms with Crippen molar-refractivity contribution >= 4 is 15.8 Å². The van der Waals surface area contributed by atoms with Gasteiger partial charge in [0, 0.05) is 25.7 Å². The SMILES string of the molecule is CCOC(=O)C[C@@H]1COCCN1Cc1cnc(S(=O)(=O)CC)n1CCc1ccccc1. The summed E-state index contributed by atoms with van der Waals surface area (Å²) >= 11 is 0. The van der Waals surface area contributed by atoms with Crippen LogP contribution in [0.4, 0.5) is 0 Å². The lowest BCUT2D eigenvalue weighted by Crippen LogP contribution is -2.46. The molecule has 0 amide bonds. The van der Waals surface area contributed by atoms with Crippen molar-refractivity contribution in [2.75, 3.05) is 32.1 Å². The predicted octanol–water partition coefficient (Wildman–Crippen LogP) is 2.07. The van der Waals surface area contributed by atoms with Gasteiger partial charge in [0.1, 0.15) is 0 Å². The molecule has 1 saturated heterocycles. The highest BCUT2D eigenvalue weighted by Gasteiger charge is 2.28. The van der Waals surface area contributed by atoms with E-state index in [0.717, 1.165) is 11.3 Å². The molecule has 31 heavy (non-hydrogen) atoms. The van der Waals surface area contributed by atoms with Crippen LogP contribution in [0.2, 0.25) is 0 Å². The summed E-state index contributed by atoms with van der Waals surface area (Å²) in [5.74, 6) is -0.257. The van der Waals surface area contributed by atoms with Crippen LogP contribution in [0, 0.1) is 0 Å². The van der Waals surface area contributed by atoms with Crippen molar-refractivity contribution in [3.8, 4) is 0 Å². The fraction of sp³-hybridized carbons (Fsp3) is 0.545. The first-order valence-corrected chi connectivity index (χ1v) is 12.4. The minimum Gasteiger partial charge on any atom is -0.466 e. The maximum absolute atomic E-state index is 12.6. The van der Waals surface area contributed by atoms with Gasteiger partial charge in [0.15, 0.2) is 0 Å². The largest absolute Gasteiger partial charge is 0.466 e. The van der Waals surface area contributed by atoms with Gasteiger partial charge in [-0.05, 0) is 18.9 Å². The van der Waals surface area contributed by atoms with Crippen molar-refractivity contribution in [1.29, 1.82) is 0 Å². The van der Waals surface area contributed by atoms with Gasteiger partial charge in [-0.15, -0.1) is 0 Å². The molecule has 0 unspecified atom stereocenters. The standard InChI is InChI=1S/C22H31N3O5S/c1-3-30-21(26)14-19-17-29-13-12-24(19)16-20-15-23-22(31(27,28)4-2)25(20)11-10-18-8-6-5-7-9-18/h5-9,15,19H,3-4,10-14,16-17H2,1-2H3/t19-/m1/s1. The lowest BCUT2D eigenvalue weighted by molar-refractivity contribution is -0.146. The van der Waals surface area contributed by atoms with Crippen LogP contribution in [0.1, 0.15) is 31.5 Å². The number of morpholine rings is 1. The second-order valence-electron chi connectivity index (χ2n) is 7.53. The van der Waals surface area contributed by atoms with E-state index in [-0.39, 0.29) is 29.3 Å². The van der Waals surface area contributed by atoms with Crippen LogP contribution >= 0.6 is 0 Å². The number of imidazole rings is 1. The molecule has 1 aromatic heterocycles. The number of nitrogens with zero attached hydrogens (tertiary/aromatic N) is 3. The average molecular weight is 450 g/mol. The molecular formula is C22H31N3O5S. The zero-order chi connectivity index (χ0) is 22.3. The summed E-state index contributed by atoms with van der Waals surface area (Å²) in [6.07, 6.45) is 2.59. The van der Waals surface area contributed by atoms with E-state index in [2.05, 4.69) is 9.88 Å². The van der Waals surface area contributed by atoms with Gasteiger partial charge in [0.25, 0.3) is 0 Å². The van der Waals surface area contributed by atoms with Crippen LogP contribution < -0.4 is 0 Å². The second-order valence-corrected chi connectivity index (χ2v) is 9.70. The second kappa shape index (κ2) is 10.9. The maximum Gasteiger partial charge on any atom is 0.307 e. The van der Waals surface area contributed by atoms with Crippen LogP contribution in [-0.2, 0) is 43.6 Å². The van der Waals surface area contributed by atoms with Crippen molar-refractivity contribution < 1.29 is 22.7 Å². The van der Waals surface area contributed by atoms with E-state index >= 15 is 0 Å². The minimum atomic E-state index is -3.46. The predicted molar refractivity (Wildman–Crippen MR) is 116 cm³/mol. The number of rotatable bonds is 10. The maximum atomic E-state index is 12.6. The molecule has 1 aliphatic rings. The summed E-state index contributed by atoms with van der Waals surface area (Å²) < 4.78 is 37.8. The molecule has 9 heteroatoms. The number of aromatic nitrogens is 2. The molecule has 3 rings (SSSR count). The zero-order valence-corrected chi connectivity index (χ0v) is 19.0. The van der Waals surface area contributed by atoms with E-state index in [4.69, 9.17) is 9.47 Å². The average Bonchev–Trinajstić information content (AvgIpc) is 3.18. The Balaban J connectivity index is 1.82. The first-order valence-electron chi connectivity index (χ1n) is 10.7. The van der Waals surface area contributed by atoms with Crippen molar-refractivity contribution in [3.05, 3.63) is 47.8 Å². The van der Waals surface area contributed by atoms with Crippen molar-refractivity contribution in [2.24, 2.45) is 0 Å². The highest BCUT2D eigenvalue weighted by Crippen LogP contribution is 2.20. The summed E-state index contributed by atoms with van der Waals surface area (Å²) in [7, 11) is -3.46. The van der Waals surface area contributed by atoms with Crippen LogP contribution in [0.3, 0.4) is 0 Å². The van der Waals surface area contributed by atoms with E-state index in [0.29, 0.717) is 45.9 Å². The van der Waals surface area contributed by atoms with Crippen LogP contribution in [-0.4, -0.2) is 67.0 Å². The smallest absolute Gasteiger partial charge is 0.307 e. The summed E-state index contributed by atoms with van der Waals surface area (Å²) in [6, 6.07) is 9.85. The monoisotopic (exact) mass is 449 g/mol.